The molecule has 100 valence electrons. The largest absolute Gasteiger partial charge is 0.399 e. The van der Waals surface area contributed by atoms with Crippen LogP contribution in [-0.2, 0) is 0 Å². The number of hydrogen-bond acceptors (Lipinski definition) is 4. The lowest BCUT2D eigenvalue weighted by Crippen LogP contribution is -1.87. The number of benzene rings is 2. The molecule has 0 aliphatic rings. The molecule has 0 saturated carbocycles. The minimum atomic E-state index is -0.534. The van der Waals surface area contributed by atoms with Crippen LogP contribution in [0.3, 0.4) is 0 Å². The third-order valence-electron chi connectivity index (χ3n) is 2.75. The number of nitrogen functional groups attached to an aromatic ring is 1. The van der Waals surface area contributed by atoms with Crippen molar-refractivity contribution in [2.75, 3.05) is 5.73 Å². The second-order valence-corrected chi connectivity index (χ2v) is 4.53. The summed E-state index contributed by atoms with van der Waals surface area (Å²) in [5.74, 6) is -0.00701. The maximum atomic E-state index is 13.4. The molecule has 0 amide bonds. The van der Waals surface area contributed by atoms with Gasteiger partial charge < -0.3 is 10.3 Å². The third kappa shape index (κ3) is 2.23. The summed E-state index contributed by atoms with van der Waals surface area (Å²) in [5.41, 5.74) is 7.37. The summed E-state index contributed by atoms with van der Waals surface area (Å²) in [6, 6.07) is 11.5. The summed E-state index contributed by atoms with van der Waals surface area (Å²) in [7, 11) is 0. The molecule has 0 bridgehead atoms. The smallest absolute Gasteiger partial charge is 0.259 e. The van der Waals surface area contributed by atoms with E-state index in [1.165, 1.54) is 12.1 Å². The maximum absolute atomic E-state index is 13.4. The molecule has 1 heterocycles. The summed E-state index contributed by atoms with van der Waals surface area (Å²) in [6.45, 7) is 0. The number of rotatable bonds is 2. The highest BCUT2D eigenvalue weighted by Crippen LogP contribution is 2.30. The van der Waals surface area contributed by atoms with Crippen molar-refractivity contribution in [1.82, 2.24) is 10.1 Å². The van der Waals surface area contributed by atoms with Crippen LogP contribution >= 0.6 is 11.6 Å². The van der Waals surface area contributed by atoms with Crippen molar-refractivity contribution in [3.05, 3.63) is 53.3 Å². The molecule has 2 N–H and O–H groups in total. The minimum absolute atomic E-state index is 0.0460. The molecule has 0 unspecified atom stereocenters. The minimum Gasteiger partial charge on any atom is -0.399 e. The number of nitrogens with two attached hydrogens (primary N) is 1. The fraction of sp³-hybridized carbons (Fsp3) is 0. The summed E-state index contributed by atoms with van der Waals surface area (Å²) in [4.78, 5) is 4.21. The molecule has 1 aromatic heterocycles. The van der Waals surface area contributed by atoms with Gasteiger partial charge in [0.25, 0.3) is 5.89 Å². The number of hydrogen-bond donors (Lipinski definition) is 1. The van der Waals surface area contributed by atoms with Crippen LogP contribution in [0.25, 0.3) is 22.8 Å². The van der Waals surface area contributed by atoms with Crippen LogP contribution in [0.15, 0.2) is 47.0 Å². The predicted molar refractivity (Wildman–Crippen MR) is 74.6 cm³/mol. The fourth-order valence-electron chi connectivity index (χ4n) is 1.80. The third-order valence-corrected chi connectivity index (χ3v) is 3.14. The van der Waals surface area contributed by atoms with Gasteiger partial charge in [-0.1, -0.05) is 35.0 Å². The predicted octanol–water partition coefficient (Wildman–Crippen LogP) is 3.78. The molecular formula is C14H9ClFN3O. The molecular weight excluding hydrogens is 281 g/mol. The fourth-order valence-corrected chi connectivity index (χ4v) is 2.00. The van der Waals surface area contributed by atoms with E-state index in [-0.39, 0.29) is 10.9 Å². The van der Waals surface area contributed by atoms with E-state index in [1.807, 2.05) is 0 Å². The van der Waals surface area contributed by atoms with Gasteiger partial charge in [0.1, 0.15) is 5.82 Å². The van der Waals surface area contributed by atoms with Gasteiger partial charge in [-0.25, -0.2) is 4.39 Å². The molecule has 0 spiro atoms. The molecule has 6 heteroatoms. The Morgan fingerprint density at radius 1 is 1.15 bits per heavy atom. The van der Waals surface area contributed by atoms with Crippen molar-refractivity contribution in [2.24, 2.45) is 0 Å². The van der Waals surface area contributed by atoms with Crippen LogP contribution in [0.4, 0.5) is 10.1 Å². The van der Waals surface area contributed by atoms with Gasteiger partial charge in [0.15, 0.2) is 0 Å². The molecule has 4 nitrogen and oxygen atoms in total. The van der Waals surface area contributed by atoms with Gasteiger partial charge in [-0.15, -0.1) is 0 Å². The molecule has 20 heavy (non-hydrogen) atoms. The lowest BCUT2D eigenvalue weighted by Gasteiger charge is -1.98. The average molecular weight is 290 g/mol. The van der Waals surface area contributed by atoms with Gasteiger partial charge in [0.05, 0.1) is 10.6 Å². The Labute approximate surface area is 119 Å². The number of halogens is 2. The first kappa shape index (κ1) is 12.6. The second kappa shape index (κ2) is 4.94. The van der Waals surface area contributed by atoms with Crippen molar-refractivity contribution in [1.29, 1.82) is 0 Å². The topological polar surface area (TPSA) is 64.9 Å². The van der Waals surface area contributed by atoms with Gasteiger partial charge in [-0.05, 0) is 24.3 Å². The molecule has 0 atom stereocenters. The van der Waals surface area contributed by atoms with Crippen LogP contribution in [0.2, 0.25) is 5.02 Å². The van der Waals surface area contributed by atoms with Gasteiger partial charge in [0, 0.05) is 11.3 Å². The summed E-state index contributed by atoms with van der Waals surface area (Å²) >= 11 is 5.89. The molecule has 3 rings (SSSR count). The highest BCUT2D eigenvalue weighted by Gasteiger charge is 2.15. The maximum Gasteiger partial charge on any atom is 0.259 e. The standard InChI is InChI=1S/C14H9ClFN3O/c15-12-10(5-2-6-11(12)16)14-18-13(19-20-14)8-3-1-4-9(17)7-8/h1-7H,17H2. The number of nitrogens with zero attached hydrogens (tertiary/aromatic N) is 2. The van der Waals surface area contributed by atoms with Crippen molar-refractivity contribution >= 4 is 17.3 Å². The molecule has 0 fully saturated rings. The highest BCUT2D eigenvalue weighted by atomic mass is 35.5. The zero-order valence-corrected chi connectivity index (χ0v) is 10.9. The first-order valence-corrected chi connectivity index (χ1v) is 6.17. The Balaban J connectivity index is 2.04. The van der Waals surface area contributed by atoms with Gasteiger partial charge in [-0.3, -0.25) is 0 Å². The second-order valence-electron chi connectivity index (χ2n) is 4.15. The van der Waals surface area contributed by atoms with Crippen LogP contribution in [0, 0.1) is 5.82 Å². The molecule has 0 saturated heterocycles. The molecule has 2 aromatic carbocycles. The van der Waals surface area contributed by atoms with Gasteiger partial charge in [0.2, 0.25) is 5.82 Å². The Hall–Kier alpha value is -2.40. The first-order chi connectivity index (χ1) is 9.65. The van der Waals surface area contributed by atoms with Crippen LogP contribution in [0.1, 0.15) is 0 Å². The Bertz CT molecular complexity index is 773. The van der Waals surface area contributed by atoms with Crippen molar-refractivity contribution < 1.29 is 8.91 Å². The average Bonchev–Trinajstić information content (AvgIpc) is 2.91. The first-order valence-electron chi connectivity index (χ1n) is 5.79. The Kier molecular flexibility index (Phi) is 3.12. The number of aromatic nitrogens is 2. The van der Waals surface area contributed by atoms with E-state index in [4.69, 9.17) is 21.9 Å². The van der Waals surface area contributed by atoms with E-state index in [0.717, 1.165) is 0 Å². The zero-order valence-electron chi connectivity index (χ0n) is 10.2. The highest BCUT2D eigenvalue weighted by molar-refractivity contribution is 6.33. The summed E-state index contributed by atoms with van der Waals surface area (Å²) in [6.07, 6.45) is 0. The van der Waals surface area contributed by atoms with Gasteiger partial charge in [-0.2, -0.15) is 4.98 Å². The zero-order chi connectivity index (χ0) is 14.1. The SMILES string of the molecule is Nc1cccc(-c2noc(-c3cccc(F)c3Cl)n2)c1. The van der Waals surface area contributed by atoms with Gasteiger partial charge >= 0.3 is 0 Å². The van der Waals surface area contributed by atoms with Crippen LogP contribution in [-0.4, -0.2) is 10.1 Å². The van der Waals surface area contributed by atoms with Crippen molar-refractivity contribution in [3.63, 3.8) is 0 Å². The number of anilines is 1. The lowest BCUT2D eigenvalue weighted by molar-refractivity contribution is 0.432. The molecule has 3 aromatic rings. The van der Waals surface area contributed by atoms with Crippen LogP contribution < -0.4 is 5.73 Å². The van der Waals surface area contributed by atoms with Crippen molar-refractivity contribution in [2.45, 2.75) is 0 Å². The summed E-state index contributed by atoms with van der Waals surface area (Å²) in [5, 5.41) is 3.81. The Morgan fingerprint density at radius 2 is 1.95 bits per heavy atom. The van der Waals surface area contributed by atoms with Crippen LogP contribution in [0.5, 0.6) is 0 Å². The van der Waals surface area contributed by atoms with E-state index in [9.17, 15) is 4.39 Å². The molecule has 0 aliphatic carbocycles. The Morgan fingerprint density at radius 3 is 2.75 bits per heavy atom. The monoisotopic (exact) mass is 289 g/mol. The normalized spacial score (nSPS) is 10.7. The van der Waals surface area contributed by atoms with E-state index in [1.54, 1.807) is 30.3 Å². The van der Waals surface area contributed by atoms with E-state index in [0.29, 0.717) is 22.6 Å². The molecule has 0 aliphatic heterocycles. The quantitative estimate of drug-likeness (QED) is 0.729. The van der Waals surface area contributed by atoms with E-state index in [2.05, 4.69) is 10.1 Å². The lowest BCUT2D eigenvalue weighted by atomic mass is 10.2. The molecule has 0 radical (unpaired) electrons. The van der Waals surface area contributed by atoms with Crippen molar-refractivity contribution in [3.8, 4) is 22.8 Å². The summed E-state index contributed by atoms with van der Waals surface area (Å²) < 4.78 is 18.5. The van der Waals surface area contributed by atoms with E-state index >= 15 is 0 Å². The van der Waals surface area contributed by atoms with E-state index < -0.39 is 5.82 Å².